The van der Waals surface area contributed by atoms with Crippen LogP contribution >= 0.6 is 0 Å². The van der Waals surface area contributed by atoms with Crippen LogP contribution < -0.4 is 4.74 Å². The first-order valence-corrected chi connectivity index (χ1v) is 9.18. The number of halogens is 3. The number of Topliss-reactive ketones (excluding diaryl/α,β-unsaturated/α-hetero) is 2. The van der Waals surface area contributed by atoms with Gasteiger partial charge in [-0.2, -0.15) is 18.3 Å². The molecular weight excluding hydrogens is 403 g/mol. The average molecular weight is 423 g/mol. The van der Waals surface area contributed by atoms with E-state index in [0.29, 0.717) is 23.4 Å². The molecule has 0 atom stereocenters. The number of methoxy groups -OCH3 is 1. The third-order valence-corrected chi connectivity index (χ3v) is 4.95. The van der Waals surface area contributed by atoms with Crippen LogP contribution in [0.15, 0.2) is 23.7 Å². The third-order valence-electron chi connectivity index (χ3n) is 4.95. The first-order chi connectivity index (χ1) is 14.0. The minimum atomic E-state index is -4.92. The Bertz CT molecular complexity index is 1050. The molecule has 0 saturated carbocycles. The van der Waals surface area contributed by atoms with Crippen LogP contribution in [-0.2, 0) is 17.5 Å². The molecule has 0 spiro atoms. The molecule has 0 unspecified atom stereocenters. The van der Waals surface area contributed by atoms with Crippen molar-refractivity contribution < 1.29 is 32.6 Å². The van der Waals surface area contributed by atoms with E-state index in [0.717, 1.165) is 16.4 Å². The number of aliphatic hydroxyl groups excluding tert-OH is 1. The molecule has 0 fully saturated rings. The zero-order chi connectivity index (χ0) is 22.2. The molecule has 0 radical (unpaired) electrons. The van der Waals surface area contributed by atoms with Crippen LogP contribution in [0.3, 0.4) is 0 Å². The number of nitrogens with zero attached hydrogens (tertiary/aromatic N) is 3. The second-order valence-electron chi connectivity index (χ2n) is 7.06. The summed E-state index contributed by atoms with van der Waals surface area (Å²) >= 11 is 0. The van der Waals surface area contributed by atoms with Gasteiger partial charge in [-0.3, -0.25) is 19.3 Å². The summed E-state index contributed by atoms with van der Waals surface area (Å²) < 4.78 is 46.9. The second-order valence-corrected chi connectivity index (χ2v) is 7.06. The summed E-state index contributed by atoms with van der Waals surface area (Å²) in [4.78, 5) is 29.0. The highest BCUT2D eigenvalue weighted by atomic mass is 19.4. The van der Waals surface area contributed by atoms with Gasteiger partial charge in [-0.05, 0) is 20.3 Å². The van der Waals surface area contributed by atoms with E-state index in [1.165, 1.54) is 13.3 Å². The molecule has 30 heavy (non-hydrogen) atoms. The highest BCUT2D eigenvalue weighted by Gasteiger charge is 2.41. The number of ketones is 2. The van der Waals surface area contributed by atoms with Gasteiger partial charge in [0.15, 0.2) is 11.5 Å². The maximum absolute atomic E-state index is 13.5. The van der Waals surface area contributed by atoms with Crippen LogP contribution in [0.4, 0.5) is 13.2 Å². The average Bonchev–Trinajstić information content (AvgIpc) is 3.09. The normalized spacial score (nSPS) is 14.9. The van der Waals surface area contributed by atoms with Crippen LogP contribution in [0.2, 0.25) is 0 Å². The number of hydrogen-bond donors (Lipinski definition) is 1. The Morgan fingerprint density at radius 2 is 2.00 bits per heavy atom. The smallest absolute Gasteiger partial charge is 0.435 e. The van der Waals surface area contributed by atoms with Crippen molar-refractivity contribution >= 4 is 11.6 Å². The van der Waals surface area contributed by atoms with Gasteiger partial charge >= 0.3 is 6.18 Å². The Morgan fingerprint density at radius 3 is 2.60 bits per heavy atom. The number of allylic oxidation sites excluding steroid dienone is 2. The standard InChI is InChI=1S/C20H20F3N3O4/c1-10-7-24-13(11(2)18(10)30-3)9-26-8-12(19(25-26)20(21,22)23)17(29)16-14(27)5-4-6-15(16)28/h7-8,27H,4-6,9H2,1-3H3. The van der Waals surface area contributed by atoms with Crippen LogP contribution in [0.5, 0.6) is 5.75 Å². The molecule has 0 bridgehead atoms. The van der Waals surface area contributed by atoms with E-state index in [2.05, 4.69) is 10.1 Å². The molecule has 0 amide bonds. The summed E-state index contributed by atoms with van der Waals surface area (Å²) in [7, 11) is 1.48. The highest BCUT2D eigenvalue weighted by molar-refractivity contribution is 6.27. The second kappa shape index (κ2) is 7.92. The van der Waals surface area contributed by atoms with E-state index in [4.69, 9.17) is 4.74 Å². The minimum Gasteiger partial charge on any atom is -0.511 e. The number of pyridine rings is 1. The summed E-state index contributed by atoms with van der Waals surface area (Å²) in [6, 6.07) is 0. The Labute approximate surface area is 170 Å². The summed E-state index contributed by atoms with van der Waals surface area (Å²) in [6.45, 7) is 3.37. The number of carbonyl (C=O) groups is 2. The summed E-state index contributed by atoms with van der Waals surface area (Å²) in [6.07, 6.45) is -2.06. The number of rotatable bonds is 5. The predicted octanol–water partition coefficient (Wildman–Crippen LogP) is 3.72. The van der Waals surface area contributed by atoms with E-state index in [1.807, 2.05) is 0 Å². The summed E-state index contributed by atoms with van der Waals surface area (Å²) in [5.41, 5.74) is -0.971. The number of ether oxygens (including phenoxy) is 1. The van der Waals surface area contributed by atoms with Gasteiger partial charge in [-0.25, -0.2) is 0 Å². The molecule has 10 heteroatoms. The number of hydrogen-bond acceptors (Lipinski definition) is 6. The van der Waals surface area contributed by atoms with Gasteiger partial charge in [-0.1, -0.05) is 0 Å². The molecule has 2 heterocycles. The first-order valence-electron chi connectivity index (χ1n) is 9.18. The van der Waals surface area contributed by atoms with E-state index >= 15 is 0 Å². The predicted molar refractivity (Wildman–Crippen MR) is 99.4 cm³/mol. The van der Waals surface area contributed by atoms with E-state index in [9.17, 15) is 27.9 Å². The van der Waals surface area contributed by atoms with Crippen molar-refractivity contribution in [3.63, 3.8) is 0 Å². The fourth-order valence-electron chi connectivity index (χ4n) is 3.48. The van der Waals surface area contributed by atoms with Crippen LogP contribution in [-0.4, -0.2) is 38.5 Å². The molecule has 7 nitrogen and oxygen atoms in total. The van der Waals surface area contributed by atoms with Crippen LogP contribution in [0.25, 0.3) is 0 Å². The van der Waals surface area contributed by atoms with E-state index in [1.54, 1.807) is 13.8 Å². The Balaban J connectivity index is 2.05. The first kappa shape index (κ1) is 21.5. The van der Waals surface area contributed by atoms with Crippen molar-refractivity contribution in [1.29, 1.82) is 0 Å². The number of alkyl halides is 3. The fraction of sp³-hybridized carbons (Fsp3) is 0.400. The number of aromatic nitrogens is 3. The SMILES string of the molecule is COc1c(C)cnc(Cn2cc(C(=O)C3=C(O)CCCC3=O)c(C(F)(F)F)n2)c1C. The van der Waals surface area contributed by atoms with Gasteiger partial charge in [0.1, 0.15) is 17.1 Å². The number of aliphatic hydroxyl groups is 1. The molecule has 2 aromatic heterocycles. The minimum absolute atomic E-state index is 0.00705. The van der Waals surface area contributed by atoms with Gasteiger partial charge in [0, 0.05) is 36.4 Å². The monoisotopic (exact) mass is 423 g/mol. The summed E-state index contributed by atoms with van der Waals surface area (Å²) in [5.74, 6) is -1.78. The lowest BCUT2D eigenvalue weighted by Gasteiger charge is -2.14. The van der Waals surface area contributed by atoms with Crippen molar-refractivity contribution in [2.24, 2.45) is 0 Å². The number of carbonyl (C=O) groups excluding carboxylic acids is 2. The molecule has 160 valence electrons. The molecule has 3 rings (SSSR count). The molecule has 1 aliphatic rings. The third kappa shape index (κ3) is 3.94. The van der Waals surface area contributed by atoms with Crippen molar-refractivity contribution in [2.45, 2.75) is 45.8 Å². The van der Waals surface area contributed by atoms with Crippen LogP contribution in [0.1, 0.15) is 52.1 Å². The summed E-state index contributed by atoms with van der Waals surface area (Å²) in [5, 5.41) is 13.5. The molecule has 0 saturated heterocycles. The van der Waals surface area contributed by atoms with Crippen molar-refractivity contribution in [3.05, 3.63) is 51.8 Å². The van der Waals surface area contributed by atoms with Crippen molar-refractivity contribution in [3.8, 4) is 5.75 Å². The van der Waals surface area contributed by atoms with Gasteiger partial charge in [-0.15, -0.1) is 0 Å². The lowest BCUT2D eigenvalue weighted by atomic mass is 9.90. The molecule has 0 aliphatic heterocycles. The zero-order valence-corrected chi connectivity index (χ0v) is 16.6. The van der Waals surface area contributed by atoms with E-state index in [-0.39, 0.29) is 19.4 Å². The van der Waals surface area contributed by atoms with Crippen molar-refractivity contribution in [2.75, 3.05) is 7.11 Å². The fourth-order valence-corrected chi connectivity index (χ4v) is 3.48. The van der Waals surface area contributed by atoms with Gasteiger partial charge in [0.25, 0.3) is 0 Å². The van der Waals surface area contributed by atoms with Crippen molar-refractivity contribution in [1.82, 2.24) is 14.8 Å². The Morgan fingerprint density at radius 1 is 1.30 bits per heavy atom. The Kier molecular flexibility index (Phi) is 5.69. The lowest BCUT2D eigenvalue weighted by Crippen LogP contribution is -2.21. The van der Waals surface area contributed by atoms with Gasteiger partial charge < -0.3 is 9.84 Å². The molecule has 2 aromatic rings. The maximum Gasteiger partial charge on any atom is 0.435 e. The molecule has 1 aliphatic carbocycles. The quantitative estimate of drug-likeness (QED) is 0.582. The van der Waals surface area contributed by atoms with Gasteiger partial charge in [0.2, 0.25) is 5.78 Å². The molecule has 0 aromatic carbocycles. The maximum atomic E-state index is 13.5. The number of aryl methyl sites for hydroxylation is 1. The highest BCUT2D eigenvalue weighted by Crippen LogP contribution is 2.34. The zero-order valence-electron chi connectivity index (χ0n) is 16.6. The van der Waals surface area contributed by atoms with E-state index < -0.39 is 40.3 Å². The molecular formula is C20H20F3N3O4. The molecule has 1 N–H and O–H groups in total. The van der Waals surface area contributed by atoms with Gasteiger partial charge in [0.05, 0.1) is 24.9 Å². The topological polar surface area (TPSA) is 94.3 Å². The Hall–Kier alpha value is -3.17. The lowest BCUT2D eigenvalue weighted by molar-refractivity contribution is -0.141. The largest absolute Gasteiger partial charge is 0.511 e. The van der Waals surface area contributed by atoms with Crippen LogP contribution in [0, 0.1) is 13.8 Å².